The van der Waals surface area contributed by atoms with Crippen LogP contribution in [0.5, 0.6) is 0 Å². The lowest BCUT2D eigenvalue weighted by Crippen LogP contribution is -2.49. The number of benzene rings is 1. The van der Waals surface area contributed by atoms with Crippen molar-refractivity contribution in [3.63, 3.8) is 0 Å². The van der Waals surface area contributed by atoms with Crippen molar-refractivity contribution in [3.05, 3.63) is 53.4 Å². The molecule has 0 radical (unpaired) electrons. The Kier molecular flexibility index (Phi) is 5.30. The molecule has 3 unspecified atom stereocenters. The Morgan fingerprint density at radius 2 is 2.14 bits per heavy atom. The molecule has 3 atom stereocenters. The molecule has 1 aliphatic heterocycles. The van der Waals surface area contributed by atoms with Gasteiger partial charge in [-0.15, -0.1) is 0 Å². The summed E-state index contributed by atoms with van der Waals surface area (Å²) in [6.07, 6.45) is 4.38. The molecule has 6 nitrogen and oxygen atoms in total. The van der Waals surface area contributed by atoms with Gasteiger partial charge in [0.1, 0.15) is 17.7 Å². The molecule has 1 aromatic heterocycles. The fraction of sp³-hybridized carbons (Fsp3) is 0.500. The van der Waals surface area contributed by atoms with E-state index in [2.05, 4.69) is 20.3 Å². The normalized spacial score (nSPS) is 25.1. The Balaban J connectivity index is 1.44. The lowest BCUT2D eigenvalue weighted by atomic mass is 10.1. The first kappa shape index (κ1) is 18.9. The smallest absolute Gasteiger partial charge is 0.194 e. The van der Waals surface area contributed by atoms with Crippen LogP contribution >= 0.6 is 0 Å². The minimum Gasteiger partial charge on any atom is -0.370 e. The standard InChI is InChI=1S/C20H25F2N5O/c1-3-23-20(25-17-9-14(17)19-15(21)5-4-6-16(19)22)27-7-8-28-18(12-27)13-10-24-26(2)11-13/h4-6,10-11,14,17-18H,3,7-9,12H2,1-2H3,(H,23,25). The Morgan fingerprint density at radius 3 is 2.82 bits per heavy atom. The molecule has 1 aliphatic carbocycles. The summed E-state index contributed by atoms with van der Waals surface area (Å²) in [7, 11) is 1.88. The molecule has 8 heteroatoms. The summed E-state index contributed by atoms with van der Waals surface area (Å²) >= 11 is 0. The summed E-state index contributed by atoms with van der Waals surface area (Å²) in [6, 6.07) is 4.01. The van der Waals surface area contributed by atoms with Crippen LogP contribution in [-0.4, -0.2) is 52.9 Å². The van der Waals surface area contributed by atoms with Crippen LogP contribution in [0.3, 0.4) is 0 Å². The fourth-order valence-corrected chi connectivity index (χ4v) is 3.74. The maximum Gasteiger partial charge on any atom is 0.194 e. The number of aryl methyl sites for hydroxylation is 1. The number of guanidine groups is 1. The van der Waals surface area contributed by atoms with Gasteiger partial charge in [-0.2, -0.15) is 5.10 Å². The second-order valence-electron chi connectivity index (χ2n) is 7.28. The van der Waals surface area contributed by atoms with Gasteiger partial charge in [-0.3, -0.25) is 9.67 Å². The Morgan fingerprint density at radius 1 is 1.36 bits per heavy atom. The molecule has 1 saturated heterocycles. The van der Waals surface area contributed by atoms with Crippen LogP contribution in [-0.2, 0) is 11.8 Å². The van der Waals surface area contributed by atoms with Crippen molar-refractivity contribution < 1.29 is 13.5 Å². The second-order valence-corrected chi connectivity index (χ2v) is 7.28. The third kappa shape index (κ3) is 3.87. The van der Waals surface area contributed by atoms with Crippen molar-refractivity contribution in [1.82, 2.24) is 20.0 Å². The lowest BCUT2D eigenvalue weighted by Gasteiger charge is -2.35. The Bertz CT molecular complexity index is 848. The zero-order valence-corrected chi connectivity index (χ0v) is 16.1. The fourth-order valence-electron chi connectivity index (χ4n) is 3.74. The molecule has 2 aliphatic rings. The minimum absolute atomic E-state index is 0.0172. The van der Waals surface area contributed by atoms with Crippen molar-refractivity contribution in [2.24, 2.45) is 12.0 Å². The molecule has 0 spiro atoms. The highest BCUT2D eigenvalue weighted by molar-refractivity contribution is 5.81. The van der Waals surface area contributed by atoms with Gasteiger partial charge in [0.15, 0.2) is 5.96 Å². The number of ether oxygens (including phenoxy) is 1. The molecule has 1 aromatic carbocycles. The van der Waals surface area contributed by atoms with Gasteiger partial charge in [-0.1, -0.05) is 6.07 Å². The molecule has 1 N–H and O–H groups in total. The molecule has 1 saturated carbocycles. The van der Waals surface area contributed by atoms with Gasteiger partial charge in [0.05, 0.1) is 19.3 Å². The van der Waals surface area contributed by atoms with Crippen LogP contribution < -0.4 is 5.32 Å². The molecule has 2 aromatic rings. The van der Waals surface area contributed by atoms with Gasteiger partial charge in [0.2, 0.25) is 0 Å². The molecular weight excluding hydrogens is 364 g/mol. The van der Waals surface area contributed by atoms with E-state index in [1.807, 2.05) is 26.4 Å². The van der Waals surface area contributed by atoms with Crippen molar-refractivity contribution in [2.75, 3.05) is 26.2 Å². The molecule has 28 heavy (non-hydrogen) atoms. The van der Waals surface area contributed by atoms with Crippen LogP contribution in [0.4, 0.5) is 8.78 Å². The summed E-state index contributed by atoms with van der Waals surface area (Å²) in [5, 5.41) is 7.63. The zero-order valence-electron chi connectivity index (χ0n) is 16.1. The summed E-state index contributed by atoms with van der Waals surface area (Å²) < 4.78 is 35.8. The van der Waals surface area contributed by atoms with E-state index in [1.165, 1.54) is 18.2 Å². The summed E-state index contributed by atoms with van der Waals surface area (Å²) in [5.74, 6) is -0.361. The van der Waals surface area contributed by atoms with Crippen molar-refractivity contribution in [2.45, 2.75) is 31.4 Å². The van der Waals surface area contributed by atoms with Crippen LogP contribution in [0, 0.1) is 11.6 Å². The first-order valence-electron chi connectivity index (χ1n) is 9.66. The number of hydrogen-bond acceptors (Lipinski definition) is 3. The number of aliphatic imine (C=N–C) groups is 1. The predicted octanol–water partition coefficient (Wildman–Crippen LogP) is 2.59. The van der Waals surface area contributed by atoms with Gasteiger partial charge < -0.3 is 15.0 Å². The van der Waals surface area contributed by atoms with Gasteiger partial charge in [-0.05, 0) is 25.5 Å². The number of rotatable bonds is 4. The first-order chi connectivity index (χ1) is 13.6. The van der Waals surface area contributed by atoms with E-state index in [0.29, 0.717) is 32.7 Å². The Labute approximate surface area is 163 Å². The Hall–Kier alpha value is -2.48. The molecule has 2 heterocycles. The van der Waals surface area contributed by atoms with E-state index >= 15 is 0 Å². The third-order valence-corrected chi connectivity index (χ3v) is 5.25. The van der Waals surface area contributed by atoms with Crippen LogP contribution in [0.15, 0.2) is 35.6 Å². The quantitative estimate of drug-likeness (QED) is 0.645. The van der Waals surface area contributed by atoms with E-state index < -0.39 is 11.6 Å². The summed E-state index contributed by atoms with van der Waals surface area (Å²) in [6.45, 7) is 4.56. The maximum atomic E-state index is 14.1. The predicted molar refractivity (Wildman–Crippen MR) is 102 cm³/mol. The SMILES string of the molecule is CCN=C(NC1CC1c1c(F)cccc1F)N1CCOC(c2cnn(C)c2)C1. The first-order valence-corrected chi connectivity index (χ1v) is 9.66. The van der Waals surface area contributed by atoms with E-state index in [4.69, 9.17) is 4.74 Å². The highest BCUT2D eigenvalue weighted by Gasteiger charge is 2.43. The third-order valence-electron chi connectivity index (χ3n) is 5.25. The minimum atomic E-state index is -0.480. The van der Waals surface area contributed by atoms with Crippen LogP contribution in [0.25, 0.3) is 0 Å². The largest absolute Gasteiger partial charge is 0.370 e. The van der Waals surface area contributed by atoms with E-state index in [-0.39, 0.29) is 23.6 Å². The van der Waals surface area contributed by atoms with Crippen molar-refractivity contribution in [3.8, 4) is 0 Å². The maximum absolute atomic E-state index is 14.1. The number of nitrogens with one attached hydrogen (secondary N) is 1. The lowest BCUT2D eigenvalue weighted by molar-refractivity contribution is -0.00810. The average Bonchev–Trinajstić information content (AvgIpc) is 3.28. The molecule has 0 amide bonds. The topological polar surface area (TPSA) is 54.7 Å². The van der Waals surface area contributed by atoms with Gasteiger partial charge in [-0.25, -0.2) is 8.78 Å². The van der Waals surface area contributed by atoms with Crippen LogP contribution in [0.1, 0.15) is 36.5 Å². The summed E-state index contributed by atoms with van der Waals surface area (Å²) in [5.41, 5.74) is 1.20. The van der Waals surface area contributed by atoms with Gasteiger partial charge in [0.25, 0.3) is 0 Å². The molecule has 2 fully saturated rings. The highest BCUT2D eigenvalue weighted by Crippen LogP contribution is 2.43. The number of halogens is 2. The number of morpholine rings is 1. The monoisotopic (exact) mass is 389 g/mol. The average molecular weight is 389 g/mol. The van der Waals surface area contributed by atoms with Gasteiger partial charge in [0, 0.05) is 49.4 Å². The second kappa shape index (κ2) is 7.87. The highest BCUT2D eigenvalue weighted by atomic mass is 19.1. The van der Waals surface area contributed by atoms with Crippen molar-refractivity contribution >= 4 is 5.96 Å². The van der Waals surface area contributed by atoms with E-state index in [0.717, 1.165) is 11.5 Å². The molecule has 4 rings (SSSR count). The number of hydrogen-bond donors (Lipinski definition) is 1. The van der Waals surface area contributed by atoms with Crippen molar-refractivity contribution in [1.29, 1.82) is 0 Å². The molecule has 150 valence electrons. The van der Waals surface area contributed by atoms with Crippen LogP contribution in [0.2, 0.25) is 0 Å². The van der Waals surface area contributed by atoms with E-state index in [1.54, 1.807) is 4.68 Å². The number of nitrogens with zero attached hydrogens (tertiary/aromatic N) is 4. The van der Waals surface area contributed by atoms with E-state index in [9.17, 15) is 8.78 Å². The zero-order chi connectivity index (χ0) is 19.7. The summed E-state index contributed by atoms with van der Waals surface area (Å²) in [4.78, 5) is 6.75. The number of aromatic nitrogens is 2. The van der Waals surface area contributed by atoms with Gasteiger partial charge >= 0.3 is 0 Å². The molecular formula is C20H25F2N5O. The molecule has 0 bridgehead atoms.